The fourth-order valence-corrected chi connectivity index (χ4v) is 2.32. The summed E-state index contributed by atoms with van der Waals surface area (Å²) in [6.45, 7) is 2.02. The van der Waals surface area contributed by atoms with Crippen molar-refractivity contribution in [2.75, 3.05) is 0 Å². The van der Waals surface area contributed by atoms with E-state index in [0.717, 1.165) is 11.3 Å². The number of amides is 2. The van der Waals surface area contributed by atoms with Gasteiger partial charge in [0.25, 0.3) is 5.91 Å². The lowest BCUT2D eigenvalue weighted by Crippen LogP contribution is -2.41. The normalized spacial score (nSPS) is 10.3. The number of hydrogen-bond acceptors (Lipinski definition) is 5. The third-order valence-corrected chi connectivity index (χ3v) is 3.82. The molecule has 0 atom stereocenters. The minimum absolute atomic E-state index is 0.246. The van der Waals surface area contributed by atoms with Gasteiger partial charge in [-0.3, -0.25) is 20.4 Å². The standard InChI is InChI=1S/C18H18N6O2/c1-13-2-4-14(5-3-13)6-11-17(25)20-21-18(26)15-7-9-16(10-8-15)24-12-19-22-23-24/h2-5,7-10,12H,6,11H2,1H3,(H,20,25)(H,21,26). The molecule has 3 rings (SSSR count). The van der Waals surface area contributed by atoms with E-state index < -0.39 is 5.91 Å². The Kier molecular flexibility index (Phi) is 5.33. The van der Waals surface area contributed by atoms with Crippen molar-refractivity contribution in [3.63, 3.8) is 0 Å². The van der Waals surface area contributed by atoms with Gasteiger partial charge >= 0.3 is 0 Å². The average Bonchev–Trinajstić information content (AvgIpc) is 3.20. The van der Waals surface area contributed by atoms with Crippen LogP contribution in [-0.4, -0.2) is 32.0 Å². The predicted octanol–water partition coefficient (Wildman–Crippen LogP) is 1.36. The summed E-state index contributed by atoms with van der Waals surface area (Å²) in [6.07, 6.45) is 2.37. The monoisotopic (exact) mass is 350 g/mol. The Hall–Kier alpha value is -3.55. The van der Waals surface area contributed by atoms with Gasteiger partial charge in [0.05, 0.1) is 5.69 Å². The van der Waals surface area contributed by atoms with Crippen LogP contribution in [0.5, 0.6) is 0 Å². The van der Waals surface area contributed by atoms with Gasteiger partial charge in [0.1, 0.15) is 6.33 Å². The van der Waals surface area contributed by atoms with Crippen LogP contribution in [0.4, 0.5) is 0 Å². The lowest BCUT2D eigenvalue weighted by molar-refractivity contribution is -0.121. The van der Waals surface area contributed by atoms with Crippen LogP contribution in [0.15, 0.2) is 54.9 Å². The van der Waals surface area contributed by atoms with Crippen molar-refractivity contribution in [2.45, 2.75) is 19.8 Å². The Bertz CT molecular complexity index is 873. The number of rotatable bonds is 5. The van der Waals surface area contributed by atoms with Crippen LogP contribution in [0, 0.1) is 6.92 Å². The number of carbonyl (C=O) groups is 2. The molecule has 0 aliphatic heterocycles. The van der Waals surface area contributed by atoms with Gasteiger partial charge in [-0.05, 0) is 53.6 Å². The molecule has 1 heterocycles. The third kappa shape index (κ3) is 4.50. The first-order valence-corrected chi connectivity index (χ1v) is 8.10. The first kappa shape index (κ1) is 17.3. The zero-order chi connectivity index (χ0) is 18.4. The van der Waals surface area contributed by atoms with Gasteiger partial charge in [-0.2, -0.15) is 0 Å². The SMILES string of the molecule is Cc1ccc(CCC(=O)NNC(=O)c2ccc(-n3cnnn3)cc2)cc1. The van der Waals surface area contributed by atoms with Crippen LogP contribution < -0.4 is 10.9 Å². The molecule has 132 valence electrons. The zero-order valence-corrected chi connectivity index (χ0v) is 14.2. The molecule has 3 aromatic rings. The predicted molar refractivity (Wildman–Crippen MR) is 94.3 cm³/mol. The topological polar surface area (TPSA) is 102 Å². The summed E-state index contributed by atoms with van der Waals surface area (Å²) in [5.74, 6) is -0.638. The highest BCUT2D eigenvalue weighted by Crippen LogP contribution is 2.08. The molecule has 0 aliphatic rings. The quantitative estimate of drug-likeness (QED) is 0.677. The highest BCUT2D eigenvalue weighted by molar-refractivity contribution is 5.95. The van der Waals surface area contributed by atoms with Crippen LogP contribution in [0.2, 0.25) is 0 Å². The third-order valence-electron chi connectivity index (χ3n) is 3.82. The van der Waals surface area contributed by atoms with Gasteiger partial charge in [0.15, 0.2) is 0 Å². The molecule has 0 fully saturated rings. The number of benzene rings is 2. The van der Waals surface area contributed by atoms with Crippen molar-refractivity contribution in [1.29, 1.82) is 0 Å². The smallest absolute Gasteiger partial charge is 0.269 e. The molecule has 0 saturated carbocycles. The van der Waals surface area contributed by atoms with E-state index in [1.54, 1.807) is 24.3 Å². The molecule has 2 aromatic carbocycles. The molecule has 1 aromatic heterocycles. The summed E-state index contributed by atoms with van der Waals surface area (Å²) in [6, 6.07) is 14.7. The van der Waals surface area contributed by atoms with Gasteiger partial charge in [0.2, 0.25) is 5.91 Å². The molecule has 0 bridgehead atoms. The van der Waals surface area contributed by atoms with Crippen LogP contribution in [-0.2, 0) is 11.2 Å². The van der Waals surface area contributed by atoms with E-state index in [0.29, 0.717) is 18.4 Å². The van der Waals surface area contributed by atoms with Gasteiger partial charge < -0.3 is 0 Å². The van der Waals surface area contributed by atoms with Crippen LogP contribution >= 0.6 is 0 Å². The van der Waals surface area contributed by atoms with Crippen molar-refractivity contribution in [1.82, 2.24) is 31.1 Å². The van der Waals surface area contributed by atoms with Gasteiger partial charge in [-0.25, -0.2) is 4.68 Å². The minimum atomic E-state index is -0.392. The Morgan fingerprint density at radius 3 is 2.38 bits per heavy atom. The second kappa shape index (κ2) is 8.02. The zero-order valence-electron chi connectivity index (χ0n) is 14.2. The van der Waals surface area contributed by atoms with Crippen LogP contribution in [0.25, 0.3) is 5.69 Å². The minimum Gasteiger partial charge on any atom is -0.273 e. The summed E-state index contributed by atoms with van der Waals surface area (Å²) in [7, 11) is 0. The molecular formula is C18H18N6O2. The van der Waals surface area contributed by atoms with Crippen molar-refractivity contribution < 1.29 is 9.59 Å². The van der Waals surface area contributed by atoms with E-state index in [2.05, 4.69) is 26.4 Å². The molecule has 8 nitrogen and oxygen atoms in total. The van der Waals surface area contributed by atoms with Gasteiger partial charge in [-0.15, -0.1) is 5.10 Å². The Morgan fingerprint density at radius 2 is 1.73 bits per heavy atom. The number of aromatic nitrogens is 4. The number of carbonyl (C=O) groups excluding carboxylic acids is 2. The lowest BCUT2D eigenvalue weighted by atomic mass is 10.1. The summed E-state index contributed by atoms with van der Waals surface area (Å²) < 4.78 is 1.48. The summed E-state index contributed by atoms with van der Waals surface area (Å²) >= 11 is 0. The largest absolute Gasteiger partial charge is 0.273 e. The fraction of sp³-hybridized carbons (Fsp3) is 0.167. The molecule has 2 amide bonds. The maximum Gasteiger partial charge on any atom is 0.269 e. The number of nitrogens with one attached hydrogen (secondary N) is 2. The highest BCUT2D eigenvalue weighted by Gasteiger charge is 2.08. The van der Waals surface area contributed by atoms with Crippen molar-refractivity contribution in [2.24, 2.45) is 0 Å². The van der Waals surface area contributed by atoms with E-state index in [-0.39, 0.29) is 5.91 Å². The fourth-order valence-electron chi connectivity index (χ4n) is 2.32. The molecule has 8 heteroatoms. The van der Waals surface area contributed by atoms with E-state index in [4.69, 9.17) is 0 Å². The van der Waals surface area contributed by atoms with Gasteiger partial charge in [0, 0.05) is 12.0 Å². The number of hydrazine groups is 1. The molecule has 0 spiro atoms. The maximum absolute atomic E-state index is 12.1. The summed E-state index contributed by atoms with van der Waals surface area (Å²) in [5, 5.41) is 10.9. The number of nitrogens with zero attached hydrogens (tertiary/aromatic N) is 4. The van der Waals surface area contributed by atoms with E-state index in [9.17, 15) is 9.59 Å². The molecule has 26 heavy (non-hydrogen) atoms. The van der Waals surface area contributed by atoms with Crippen molar-refractivity contribution in [3.05, 3.63) is 71.5 Å². The first-order chi connectivity index (χ1) is 12.6. The first-order valence-electron chi connectivity index (χ1n) is 8.10. The maximum atomic E-state index is 12.1. The van der Waals surface area contributed by atoms with Crippen molar-refractivity contribution >= 4 is 11.8 Å². The molecule has 0 saturated heterocycles. The average molecular weight is 350 g/mol. The Balaban J connectivity index is 1.47. The van der Waals surface area contributed by atoms with Gasteiger partial charge in [-0.1, -0.05) is 29.8 Å². The molecule has 0 unspecified atom stereocenters. The number of hydrogen-bond donors (Lipinski definition) is 2. The number of aryl methyl sites for hydroxylation is 2. The molecule has 0 radical (unpaired) electrons. The van der Waals surface area contributed by atoms with Crippen LogP contribution in [0.1, 0.15) is 27.9 Å². The summed E-state index contributed by atoms with van der Waals surface area (Å²) in [5.41, 5.74) is 8.25. The lowest BCUT2D eigenvalue weighted by Gasteiger charge is -2.08. The highest BCUT2D eigenvalue weighted by atomic mass is 16.2. The second-order valence-corrected chi connectivity index (χ2v) is 5.79. The van der Waals surface area contributed by atoms with E-state index in [1.807, 2.05) is 31.2 Å². The summed E-state index contributed by atoms with van der Waals surface area (Å²) in [4.78, 5) is 24.0. The molecule has 0 aliphatic carbocycles. The van der Waals surface area contributed by atoms with Crippen LogP contribution in [0.3, 0.4) is 0 Å². The van der Waals surface area contributed by atoms with E-state index >= 15 is 0 Å². The van der Waals surface area contributed by atoms with Crippen molar-refractivity contribution in [3.8, 4) is 5.69 Å². The Labute approximate surface area is 150 Å². The number of tetrazole rings is 1. The van der Waals surface area contributed by atoms with E-state index in [1.165, 1.54) is 16.6 Å². The Morgan fingerprint density at radius 1 is 1.00 bits per heavy atom. The molecule has 2 N–H and O–H groups in total. The molecular weight excluding hydrogens is 332 g/mol. The second-order valence-electron chi connectivity index (χ2n) is 5.79.